The quantitative estimate of drug-likeness (QED) is 0.0357. The summed E-state index contributed by atoms with van der Waals surface area (Å²) < 4.78 is 50.9. The van der Waals surface area contributed by atoms with Gasteiger partial charge in [0, 0.05) is 0 Å². The summed E-state index contributed by atoms with van der Waals surface area (Å²) >= 11 is 0. The molecule has 0 aliphatic rings. The van der Waals surface area contributed by atoms with Crippen LogP contribution in [0.25, 0.3) is 0 Å². The van der Waals surface area contributed by atoms with Crippen molar-refractivity contribution < 1.29 is 17.5 Å². The van der Waals surface area contributed by atoms with Crippen LogP contribution >= 0.6 is 28.3 Å². The van der Waals surface area contributed by atoms with Crippen LogP contribution < -0.4 is 0 Å². The van der Waals surface area contributed by atoms with Gasteiger partial charge < -0.3 is 0 Å². The molecule has 6 aromatic rings. The molecule has 0 fully saturated rings. The van der Waals surface area contributed by atoms with Gasteiger partial charge in [0.15, 0.2) is 0 Å². The molecule has 0 spiro atoms. The molecule has 4 nitrogen and oxygen atoms in total. The predicted molar refractivity (Wildman–Crippen MR) is 669 cm³/mol. The van der Waals surface area contributed by atoms with Gasteiger partial charge in [0.05, 0.1) is 0 Å². The second-order valence-corrected chi connectivity index (χ2v) is 80.2. The molecule has 6 rings (SSSR count). The number of benzene rings is 6. The van der Waals surface area contributed by atoms with Crippen molar-refractivity contribution in [2.45, 2.75) is 590 Å². The summed E-state index contributed by atoms with van der Waals surface area (Å²) in [5, 5.41) is 0. The third kappa shape index (κ3) is 33.2. The van der Waals surface area contributed by atoms with E-state index in [9.17, 15) is 12.9 Å². The Morgan fingerprint density at radius 1 is 0.185 bits per heavy atom. The maximum absolute atomic E-state index is 21.4. The summed E-state index contributed by atoms with van der Waals surface area (Å²) in [4.78, 5) is 0. The summed E-state index contributed by atoms with van der Waals surface area (Å²) in [6.45, 7) is 114. The minimum atomic E-state index is -4.90. The van der Waals surface area contributed by atoms with Gasteiger partial charge in [0.25, 0.3) is 0 Å². The first-order valence-corrected chi connectivity index (χ1v) is 70.5. The standard InChI is InChI=1S/C138H240O4P4/c1-52-61-76-144(77-62-53-2,78-63-54-3,85-70-73-106(121-109(127(16,17)18)88-100(10)89-110(121)128(19,20)21)122-111(129(22,23)24)90-101(11)91-112(122)130(25,26)27)140-143(139,141-145(79-64-55-4,80-65-56-5,81-66-57-6)86-71-74-107(123-113(131(28,29)30)92-102(12)93-114(123)132(31,32)33)124-115(133(34,35)36)94-103(13)95-116(124)134(37,38)39)142-146(82-67-58-7,83-68-59-8,84-69-60-9)87-72-75-108(125-117(135(40,41)42)96-104(14)97-118(125)136(43,44)45)126-119(137(46,47)48)98-105(15)99-120(126)138(49,50)51/h88-99,106-108H,52-87H2,1-51H3. The average molecular weight is 2090 g/mol. The van der Waals surface area contributed by atoms with E-state index in [4.69, 9.17) is 0 Å². The SMILES string of the molecule is CCCCP(CCCC)(CCCC)(CCCC(c1c(C(C)(C)C)cc(C)cc1C(C)(C)C)c1c(C(C)(C)C)cc(C)cc1C(C)(C)C)OP(=O)(OP(CCCC)(CCCC)(CCCC)CCCC(c1c(C(C)(C)C)cc(C)cc1C(C)(C)C)c1c(C(C)(C)C)cc(C)cc1C(C)(C)C)OP(CCCC)(CCCC)(CCCC)CCCC(c1c(C(C)(C)C)cc(C)cc1C(C)(C)C)c1c(C(C)(C)C)cc(C)cc1C(C)(C)C. The van der Waals surface area contributed by atoms with Gasteiger partial charge in [-0.05, 0) is 0 Å². The van der Waals surface area contributed by atoms with Crippen molar-refractivity contribution in [3.05, 3.63) is 206 Å². The molecule has 0 unspecified atom stereocenters. The molecule has 0 aliphatic heterocycles. The average Bonchev–Trinajstić information content (AvgIpc) is 0.702. The molecule has 0 amide bonds. The number of unbranched alkanes of at least 4 members (excludes halogenated alkanes) is 9. The Morgan fingerprint density at radius 2 is 0.281 bits per heavy atom. The summed E-state index contributed by atoms with van der Waals surface area (Å²) in [5.74, 6) is 0.115. The van der Waals surface area contributed by atoms with Crippen LogP contribution in [0.4, 0.5) is 0 Å². The van der Waals surface area contributed by atoms with E-state index >= 15 is 4.57 Å². The molecule has 0 aromatic heterocycles. The molecular formula is C138H240O4P4. The number of aryl methyl sites for hydroxylation is 6. The predicted octanol–water partition coefficient (Wildman–Crippen LogP) is 45.0. The van der Waals surface area contributed by atoms with Crippen LogP contribution in [-0.4, -0.2) is 73.9 Å². The van der Waals surface area contributed by atoms with Crippen molar-refractivity contribution in [3.8, 4) is 0 Å². The van der Waals surface area contributed by atoms with Crippen molar-refractivity contribution in [3.63, 3.8) is 0 Å². The van der Waals surface area contributed by atoms with Crippen LogP contribution in [0.1, 0.15) is 617 Å². The summed E-state index contributed by atoms with van der Waals surface area (Å²) in [6, 6.07) is 31.3. The van der Waals surface area contributed by atoms with E-state index < -0.39 is 28.3 Å². The molecule has 6 aromatic carbocycles. The number of rotatable bonds is 51. The van der Waals surface area contributed by atoms with Crippen molar-refractivity contribution in [1.82, 2.24) is 0 Å². The van der Waals surface area contributed by atoms with Gasteiger partial charge in [0.2, 0.25) is 0 Å². The third-order valence-corrected chi connectivity index (χ3v) is 59.4. The summed E-state index contributed by atoms with van der Waals surface area (Å²) in [7, 11) is -4.90. The van der Waals surface area contributed by atoms with Gasteiger partial charge >= 0.3 is 916 Å². The van der Waals surface area contributed by atoms with E-state index in [1.165, 1.54) is 134 Å². The van der Waals surface area contributed by atoms with Crippen LogP contribution in [0.15, 0.2) is 72.8 Å². The monoisotopic (exact) mass is 2090 g/mol. The summed E-state index contributed by atoms with van der Waals surface area (Å²) in [6.07, 6.45) is 34.8. The van der Waals surface area contributed by atoms with Crippen LogP contribution in [0.3, 0.4) is 0 Å². The maximum atomic E-state index is 21.4. The van der Waals surface area contributed by atoms with E-state index in [0.717, 1.165) is 228 Å². The van der Waals surface area contributed by atoms with Gasteiger partial charge in [-0.2, -0.15) is 0 Å². The molecule has 0 heterocycles. The van der Waals surface area contributed by atoms with Crippen molar-refractivity contribution in [2.75, 3.05) is 73.9 Å². The molecule has 8 heteroatoms. The fraction of sp³-hybridized carbons (Fsp3) is 0.739. The normalized spacial score (nSPS) is 15.1. The minimum absolute atomic E-state index is 0.0383. The zero-order valence-electron chi connectivity index (χ0n) is 107. The summed E-state index contributed by atoms with van der Waals surface area (Å²) in [5.41, 5.74) is 32.9. The van der Waals surface area contributed by atoms with E-state index in [-0.39, 0.29) is 82.7 Å². The first kappa shape index (κ1) is 131. The molecular weight excluding hydrogens is 1850 g/mol. The van der Waals surface area contributed by atoms with Crippen molar-refractivity contribution in [2.24, 2.45) is 0 Å². The van der Waals surface area contributed by atoms with Crippen LogP contribution in [0.2, 0.25) is 0 Å². The first-order valence-electron chi connectivity index (χ1n) is 60.3. The van der Waals surface area contributed by atoms with Crippen LogP contribution in [0, 0.1) is 41.5 Å². The van der Waals surface area contributed by atoms with Crippen molar-refractivity contribution >= 4 is 28.3 Å². The molecule has 0 bridgehead atoms. The second-order valence-electron chi connectivity index (χ2n) is 60.9. The van der Waals surface area contributed by atoms with Crippen LogP contribution in [-0.2, 0) is 82.5 Å². The topological polar surface area (TPSA) is 44.8 Å². The fourth-order valence-electron chi connectivity index (χ4n) is 26.3. The zero-order valence-corrected chi connectivity index (χ0v) is 110. The number of hydrogen-bond acceptors (Lipinski definition) is 4. The van der Waals surface area contributed by atoms with Crippen LogP contribution in [0.5, 0.6) is 0 Å². The Hall–Kier alpha value is -3.28. The molecule has 146 heavy (non-hydrogen) atoms. The molecule has 0 saturated carbocycles. The fourth-order valence-corrected chi connectivity index (χ4v) is 55.2. The third-order valence-electron chi connectivity index (χ3n) is 34.1. The van der Waals surface area contributed by atoms with E-state index in [1.54, 1.807) is 0 Å². The van der Waals surface area contributed by atoms with Gasteiger partial charge in [0.1, 0.15) is 0 Å². The molecule has 836 valence electrons. The Balaban J connectivity index is 2.08. The number of hydrogen-bond donors (Lipinski definition) is 0. The van der Waals surface area contributed by atoms with E-state index in [1.807, 2.05) is 0 Å². The Morgan fingerprint density at radius 3 is 0.370 bits per heavy atom. The van der Waals surface area contributed by atoms with Gasteiger partial charge in [-0.25, -0.2) is 0 Å². The Bertz CT molecular complexity index is 4210. The molecule has 0 saturated heterocycles. The molecule has 0 atom stereocenters. The van der Waals surface area contributed by atoms with Crippen molar-refractivity contribution in [1.29, 1.82) is 0 Å². The first-order chi connectivity index (χ1) is 66.6. The second kappa shape index (κ2) is 50.1. The van der Waals surface area contributed by atoms with Gasteiger partial charge in [-0.1, -0.05) is 0 Å². The van der Waals surface area contributed by atoms with E-state index in [2.05, 4.69) is 426 Å². The zero-order chi connectivity index (χ0) is 111. The Labute approximate surface area is 909 Å². The Kier molecular flexibility index (Phi) is 45.1. The van der Waals surface area contributed by atoms with Gasteiger partial charge in [-0.15, -0.1) is 0 Å². The van der Waals surface area contributed by atoms with Gasteiger partial charge in [-0.3, -0.25) is 0 Å². The molecule has 0 radical (unpaired) electrons. The number of phosphoric acid groups is 1. The van der Waals surface area contributed by atoms with E-state index in [0.29, 0.717) is 0 Å². The molecule has 0 N–H and O–H groups in total. The molecule has 0 aliphatic carbocycles.